The first-order chi connectivity index (χ1) is 13.5. The van der Waals surface area contributed by atoms with Crippen LogP contribution in [0.3, 0.4) is 0 Å². The lowest BCUT2D eigenvalue weighted by atomic mass is 10.0. The molecule has 2 aromatic rings. The van der Waals surface area contributed by atoms with Crippen molar-refractivity contribution >= 4 is 18.0 Å². The van der Waals surface area contributed by atoms with Crippen molar-refractivity contribution in [3.05, 3.63) is 65.7 Å². The van der Waals surface area contributed by atoms with E-state index < -0.39 is 30.1 Å². The largest absolute Gasteiger partial charge is 0.497 e. The zero-order chi connectivity index (χ0) is 20.1. The molecule has 0 aromatic heterocycles. The summed E-state index contributed by atoms with van der Waals surface area (Å²) in [6, 6.07) is 14.0. The van der Waals surface area contributed by atoms with Gasteiger partial charge in [0.2, 0.25) is 0 Å². The Labute approximate surface area is 162 Å². The molecule has 1 heterocycles. The molecule has 28 heavy (non-hydrogen) atoms. The minimum absolute atomic E-state index is 0.130. The van der Waals surface area contributed by atoms with E-state index in [0.29, 0.717) is 16.9 Å². The lowest BCUT2D eigenvalue weighted by Crippen LogP contribution is -2.51. The fourth-order valence-corrected chi connectivity index (χ4v) is 2.86. The Kier molecular flexibility index (Phi) is 5.78. The van der Waals surface area contributed by atoms with E-state index in [1.165, 1.54) is 7.11 Å². The molecule has 1 N–H and O–H groups in total. The Balaban J connectivity index is 1.85. The van der Waals surface area contributed by atoms with E-state index in [0.717, 1.165) is 5.01 Å². The SMILES string of the molecule is CCOC(=O)[C@@H]1[C@@H](c2ccccc2)OC(=O)N1NC(=O)c1ccc(OC)cc1. The number of hydrogen-bond donors (Lipinski definition) is 1. The van der Waals surface area contributed by atoms with Crippen LogP contribution in [0.25, 0.3) is 0 Å². The van der Waals surface area contributed by atoms with E-state index in [1.807, 2.05) is 6.07 Å². The lowest BCUT2D eigenvalue weighted by Gasteiger charge is -2.23. The van der Waals surface area contributed by atoms with E-state index in [1.54, 1.807) is 55.5 Å². The van der Waals surface area contributed by atoms with Gasteiger partial charge in [-0.1, -0.05) is 30.3 Å². The minimum atomic E-state index is -1.14. The highest BCUT2D eigenvalue weighted by molar-refractivity contribution is 5.96. The van der Waals surface area contributed by atoms with Crippen LogP contribution in [0.2, 0.25) is 0 Å². The number of amides is 2. The van der Waals surface area contributed by atoms with Crippen LogP contribution in [-0.2, 0) is 14.3 Å². The first-order valence-electron chi connectivity index (χ1n) is 8.71. The van der Waals surface area contributed by atoms with Gasteiger partial charge in [0.05, 0.1) is 13.7 Å². The van der Waals surface area contributed by atoms with Gasteiger partial charge in [0, 0.05) is 5.56 Å². The average molecular weight is 384 g/mol. The molecule has 2 amide bonds. The monoisotopic (exact) mass is 384 g/mol. The summed E-state index contributed by atoms with van der Waals surface area (Å²) < 4.78 is 15.5. The first-order valence-corrected chi connectivity index (χ1v) is 8.71. The van der Waals surface area contributed by atoms with Crippen LogP contribution in [0.15, 0.2) is 54.6 Å². The van der Waals surface area contributed by atoms with Crippen LogP contribution in [0.5, 0.6) is 5.75 Å². The fourth-order valence-electron chi connectivity index (χ4n) is 2.86. The molecule has 0 aliphatic carbocycles. The number of methoxy groups -OCH3 is 1. The number of nitrogens with zero attached hydrogens (tertiary/aromatic N) is 1. The number of benzene rings is 2. The summed E-state index contributed by atoms with van der Waals surface area (Å²) in [5.41, 5.74) is 3.36. The first kappa shape index (κ1) is 19.2. The fraction of sp³-hybridized carbons (Fsp3) is 0.250. The molecule has 2 aromatic carbocycles. The van der Waals surface area contributed by atoms with Crippen LogP contribution in [0, 0.1) is 0 Å². The molecule has 8 nitrogen and oxygen atoms in total. The third-order valence-electron chi connectivity index (χ3n) is 4.22. The number of rotatable bonds is 6. The Bertz CT molecular complexity index is 853. The maximum atomic E-state index is 12.6. The number of carbonyl (C=O) groups excluding carboxylic acids is 3. The smallest absolute Gasteiger partial charge is 0.430 e. The van der Waals surface area contributed by atoms with Gasteiger partial charge >= 0.3 is 12.1 Å². The van der Waals surface area contributed by atoms with E-state index in [2.05, 4.69) is 5.43 Å². The predicted octanol–water partition coefficient (Wildman–Crippen LogP) is 2.47. The van der Waals surface area contributed by atoms with Gasteiger partial charge in [0.1, 0.15) is 5.75 Å². The summed E-state index contributed by atoms with van der Waals surface area (Å²) in [7, 11) is 1.52. The molecular weight excluding hydrogens is 364 g/mol. The third-order valence-corrected chi connectivity index (χ3v) is 4.22. The zero-order valence-corrected chi connectivity index (χ0v) is 15.5. The lowest BCUT2D eigenvalue weighted by molar-refractivity contribution is -0.149. The van der Waals surface area contributed by atoms with Crippen molar-refractivity contribution in [2.24, 2.45) is 0 Å². The van der Waals surface area contributed by atoms with E-state index >= 15 is 0 Å². The molecule has 146 valence electrons. The molecule has 0 radical (unpaired) electrons. The third kappa shape index (κ3) is 3.90. The number of ether oxygens (including phenoxy) is 3. The number of nitrogens with one attached hydrogen (secondary N) is 1. The number of hydrazine groups is 1. The van der Waals surface area contributed by atoms with Crippen molar-refractivity contribution in [2.45, 2.75) is 19.1 Å². The molecule has 0 bridgehead atoms. The van der Waals surface area contributed by atoms with Crippen LogP contribution in [-0.4, -0.2) is 42.7 Å². The van der Waals surface area contributed by atoms with E-state index in [-0.39, 0.29) is 6.61 Å². The van der Waals surface area contributed by atoms with Crippen LogP contribution < -0.4 is 10.2 Å². The topological polar surface area (TPSA) is 94.2 Å². The summed E-state index contributed by atoms with van der Waals surface area (Å²) in [4.78, 5) is 37.5. The summed E-state index contributed by atoms with van der Waals surface area (Å²) >= 11 is 0. The van der Waals surface area contributed by atoms with Crippen LogP contribution in [0.1, 0.15) is 28.9 Å². The van der Waals surface area contributed by atoms with Gasteiger partial charge in [-0.2, -0.15) is 5.01 Å². The molecule has 0 unspecified atom stereocenters. The second-order valence-corrected chi connectivity index (χ2v) is 5.95. The highest BCUT2D eigenvalue weighted by atomic mass is 16.6. The predicted molar refractivity (Wildman–Crippen MR) is 98.4 cm³/mol. The van der Waals surface area contributed by atoms with Crippen LogP contribution >= 0.6 is 0 Å². The molecule has 8 heteroatoms. The molecule has 1 aliphatic rings. The quantitative estimate of drug-likeness (QED) is 0.769. The molecule has 0 saturated carbocycles. The molecule has 1 fully saturated rings. The van der Waals surface area contributed by atoms with Crippen LogP contribution in [0.4, 0.5) is 4.79 Å². The Morgan fingerprint density at radius 3 is 2.39 bits per heavy atom. The van der Waals surface area contributed by atoms with Crippen molar-refractivity contribution < 1.29 is 28.6 Å². The highest BCUT2D eigenvalue weighted by Crippen LogP contribution is 2.32. The van der Waals surface area contributed by atoms with Gasteiger partial charge in [0.15, 0.2) is 12.1 Å². The second-order valence-electron chi connectivity index (χ2n) is 5.95. The average Bonchev–Trinajstić information content (AvgIpc) is 3.05. The summed E-state index contributed by atoms with van der Waals surface area (Å²) in [6.45, 7) is 1.79. The van der Waals surface area contributed by atoms with Gasteiger partial charge in [-0.15, -0.1) is 0 Å². The maximum Gasteiger partial charge on any atom is 0.430 e. The molecule has 2 atom stereocenters. The van der Waals surface area contributed by atoms with E-state index in [4.69, 9.17) is 14.2 Å². The summed E-state index contributed by atoms with van der Waals surface area (Å²) in [5.74, 6) is -0.648. The van der Waals surface area contributed by atoms with E-state index in [9.17, 15) is 14.4 Å². The van der Waals surface area contributed by atoms with Crippen molar-refractivity contribution in [3.63, 3.8) is 0 Å². The normalized spacial score (nSPS) is 18.4. The van der Waals surface area contributed by atoms with Gasteiger partial charge in [0.25, 0.3) is 5.91 Å². The molecule has 0 spiro atoms. The molecule has 1 saturated heterocycles. The number of cyclic esters (lactones) is 1. The number of hydrogen-bond acceptors (Lipinski definition) is 6. The highest BCUT2D eigenvalue weighted by Gasteiger charge is 2.49. The number of carbonyl (C=O) groups is 3. The Morgan fingerprint density at radius 2 is 1.79 bits per heavy atom. The van der Waals surface area contributed by atoms with Gasteiger partial charge in [-0.05, 0) is 36.8 Å². The summed E-state index contributed by atoms with van der Waals surface area (Å²) in [6.07, 6.45) is -1.74. The van der Waals surface area contributed by atoms with Crippen molar-refractivity contribution in [2.75, 3.05) is 13.7 Å². The van der Waals surface area contributed by atoms with Gasteiger partial charge < -0.3 is 14.2 Å². The van der Waals surface area contributed by atoms with Crippen molar-refractivity contribution in [1.82, 2.24) is 10.4 Å². The standard InChI is InChI=1S/C20H20N2O6/c1-3-27-19(24)16-17(13-7-5-4-6-8-13)28-20(25)22(16)21-18(23)14-9-11-15(26-2)12-10-14/h4-12,16-17H,3H2,1-2H3,(H,21,23)/t16-,17+/m0/s1. The molecule has 3 rings (SSSR count). The molecule has 1 aliphatic heterocycles. The Hall–Kier alpha value is -3.55. The second kappa shape index (κ2) is 8.43. The van der Waals surface area contributed by atoms with Crippen molar-refractivity contribution in [3.8, 4) is 5.75 Å². The van der Waals surface area contributed by atoms with Gasteiger partial charge in [-0.3, -0.25) is 10.2 Å². The minimum Gasteiger partial charge on any atom is -0.497 e. The zero-order valence-electron chi connectivity index (χ0n) is 15.5. The summed E-state index contributed by atoms with van der Waals surface area (Å²) in [5, 5.41) is 0.877. The molecular formula is C20H20N2O6. The van der Waals surface area contributed by atoms with Crippen molar-refractivity contribution in [1.29, 1.82) is 0 Å². The number of esters is 1. The van der Waals surface area contributed by atoms with Gasteiger partial charge in [-0.25, -0.2) is 9.59 Å². The maximum absolute atomic E-state index is 12.6. The Morgan fingerprint density at radius 1 is 1.11 bits per heavy atom.